The molecule has 1 heterocycles. The van der Waals surface area contributed by atoms with Crippen molar-refractivity contribution in [2.45, 2.75) is 25.9 Å². The zero-order valence-corrected chi connectivity index (χ0v) is 11.2. The number of phenolic OH excluding ortho intramolecular Hbond substituents is 1. The molecule has 2 rings (SSSR count). The number of phenols is 1. The molecule has 18 heavy (non-hydrogen) atoms. The zero-order valence-electron chi connectivity index (χ0n) is 11.2. The van der Waals surface area contributed by atoms with Crippen molar-refractivity contribution in [3.05, 3.63) is 23.8 Å². The van der Waals surface area contributed by atoms with E-state index in [-0.39, 0.29) is 11.8 Å². The van der Waals surface area contributed by atoms with Gasteiger partial charge in [0.25, 0.3) is 0 Å². The van der Waals surface area contributed by atoms with E-state index in [1.165, 1.54) is 0 Å². The third-order valence-electron chi connectivity index (χ3n) is 3.49. The van der Waals surface area contributed by atoms with E-state index in [0.29, 0.717) is 19.3 Å². The Morgan fingerprint density at radius 2 is 2.33 bits per heavy atom. The highest BCUT2D eigenvalue weighted by atomic mass is 16.5. The Morgan fingerprint density at radius 3 is 3.00 bits per heavy atom. The molecule has 0 aliphatic carbocycles. The molecule has 1 N–H and O–H groups in total. The second-order valence-electron chi connectivity index (χ2n) is 4.68. The van der Waals surface area contributed by atoms with Gasteiger partial charge in [0.1, 0.15) is 18.1 Å². The first-order valence-electron chi connectivity index (χ1n) is 6.37. The van der Waals surface area contributed by atoms with E-state index in [0.717, 1.165) is 17.9 Å². The molecular weight excluding hydrogens is 230 g/mol. The molecule has 1 aromatic rings. The number of nitrogens with zero attached hydrogens (tertiary/aromatic N) is 1. The molecular formula is C14H21NO3. The number of hydrogen-bond acceptors (Lipinski definition) is 4. The highest BCUT2D eigenvalue weighted by molar-refractivity contribution is 5.44. The molecule has 2 atom stereocenters. The van der Waals surface area contributed by atoms with Gasteiger partial charge in [-0.15, -0.1) is 0 Å². The van der Waals surface area contributed by atoms with Gasteiger partial charge < -0.3 is 14.6 Å². The van der Waals surface area contributed by atoms with Crippen molar-refractivity contribution in [2.75, 3.05) is 26.9 Å². The third-order valence-corrected chi connectivity index (χ3v) is 3.49. The molecule has 0 saturated heterocycles. The van der Waals surface area contributed by atoms with Crippen molar-refractivity contribution in [1.82, 2.24) is 4.90 Å². The molecule has 0 amide bonds. The maximum Gasteiger partial charge on any atom is 0.127 e. The SMILES string of the molecule is CCN(C(C)COC)C1COc2cc(O)ccc21. The van der Waals surface area contributed by atoms with Gasteiger partial charge in [0.2, 0.25) is 0 Å². The number of ether oxygens (including phenoxy) is 2. The second-order valence-corrected chi connectivity index (χ2v) is 4.68. The summed E-state index contributed by atoms with van der Waals surface area (Å²) in [6.07, 6.45) is 0. The molecule has 0 aromatic heterocycles. The molecule has 0 saturated carbocycles. The first-order chi connectivity index (χ1) is 8.67. The minimum absolute atomic E-state index is 0.246. The summed E-state index contributed by atoms with van der Waals surface area (Å²) in [6.45, 7) is 6.59. The van der Waals surface area contributed by atoms with Crippen molar-refractivity contribution in [2.24, 2.45) is 0 Å². The van der Waals surface area contributed by atoms with Crippen LogP contribution in [0.1, 0.15) is 25.5 Å². The second kappa shape index (κ2) is 5.59. The summed E-state index contributed by atoms with van der Waals surface area (Å²) in [4.78, 5) is 2.37. The zero-order chi connectivity index (χ0) is 13.1. The van der Waals surface area contributed by atoms with Gasteiger partial charge in [-0.2, -0.15) is 0 Å². The van der Waals surface area contributed by atoms with Crippen molar-refractivity contribution in [1.29, 1.82) is 0 Å². The van der Waals surface area contributed by atoms with Gasteiger partial charge >= 0.3 is 0 Å². The molecule has 4 heteroatoms. The van der Waals surface area contributed by atoms with Gasteiger partial charge in [0, 0.05) is 24.8 Å². The molecule has 4 nitrogen and oxygen atoms in total. The first-order valence-corrected chi connectivity index (χ1v) is 6.37. The molecule has 0 radical (unpaired) electrons. The van der Waals surface area contributed by atoms with Crippen LogP contribution in [0, 0.1) is 0 Å². The molecule has 1 aliphatic heterocycles. The van der Waals surface area contributed by atoms with E-state index in [2.05, 4.69) is 18.7 Å². The normalized spacial score (nSPS) is 19.7. The van der Waals surface area contributed by atoms with Crippen LogP contribution in [0.5, 0.6) is 11.5 Å². The van der Waals surface area contributed by atoms with E-state index in [9.17, 15) is 5.11 Å². The number of benzene rings is 1. The number of aromatic hydroxyl groups is 1. The lowest BCUT2D eigenvalue weighted by Gasteiger charge is -2.32. The van der Waals surface area contributed by atoms with Crippen LogP contribution >= 0.6 is 0 Å². The lowest BCUT2D eigenvalue weighted by molar-refractivity contribution is 0.0645. The first kappa shape index (κ1) is 13.2. The minimum atomic E-state index is 0.246. The Morgan fingerprint density at radius 1 is 1.56 bits per heavy atom. The van der Waals surface area contributed by atoms with Crippen LogP contribution in [0.2, 0.25) is 0 Å². The van der Waals surface area contributed by atoms with E-state index in [1.54, 1.807) is 19.2 Å². The quantitative estimate of drug-likeness (QED) is 0.871. The summed E-state index contributed by atoms with van der Waals surface area (Å²) in [6, 6.07) is 5.94. The molecule has 0 fully saturated rings. The number of likely N-dealkylation sites (N-methyl/N-ethyl adjacent to an activating group) is 1. The van der Waals surface area contributed by atoms with E-state index >= 15 is 0 Å². The van der Waals surface area contributed by atoms with Crippen LogP contribution in [0.25, 0.3) is 0 Å². The van der Waals surface area contributed by atoms with Crippen LogP contribution in [0.4, 0.5) is 0 Å². The monoisotopic (exact) mass is 251 g/mol. The number of fused-ring (bicyclic) bond motifs is 1. The molecule has 2 unspecified atom stereocenters. The van der Waals surface area contributed by atoms with Gasteiger partial charge in [0.05, 0.1) is 12.6 Å². The largest absolute Gasteiger partial charge is 0.508 e. The number of hydrogen-bond donors (Lipinski definition) is 1. The summed E-state index contributed by atoms with van der Waals surface area (Å²) in [7, 11) is 1.72. The predicted molar refractivity (Wildman–Crippen MR) is 70.1 cm³/mol. The lowest BCUT2D eigenvalue weighted by atomic mass is 10.1. The third kappa shape index (κ3) is 2.44. The van der Waals surface area contributed by atoms with Gasteiger partial charge in [0.15, 0.2) is 0 Å². The smallest absolute Gasteiger partial charge is 0.127 e. The fraction of sp³-hybridized carbons (Fsp3) is 0.571. The van der Waals surface area contributed by atoms with Crippen molar-refractivity contribution in [3.8, 4) is 11.5 Å². The number of rotatable bonds is 5. The van der Waals surface area contributed by atoms with Crippen LogP contribution in [0.3, 0.4) is 0 Å². The fourth-order valence-electron chi connectivity index (χ4n) is 2.63. The van der Waals surface area contributed by atoms with Gasteiger partial charge in [-0.05, 0) is 25.6 Å². The Balaban J connectivity index is 2.20. The average molecular weight is 251 g/mol. The minimum Gasteiger partial charge on any atom is -0.508 e. The highest BCUT2D eigenvalue weighted by Gasteiger charge is 2.31. The van der Waals surface area contributed by atoms with E-state index in [1.807, 2.05) is 6.07 Å². The Kier molecular flexibility index (Phi) is 4.09. The summed E-state index contributed by atoms with van der Waals surface area (Å²) in [5.41, 5.74) is 1.15. The van der Waals surface area contributed by atoms with Crippen LogP contribution in [0.15, 0.2) is 18.2 Å². The topological polar surface area (TPSA) is 41.9 Å². The van der Waals surface area contributed by atoms with Crippen molar-refractivity contribution in [3.63, 3.8) is 0 Å². The fourth-order valence-corrected chi connectivity index (χ4v) is 2.63. The summed E-state index contributed by atoms with van der Waals surface area (Å²) in [5.74, 6) is 1.05. The van der Waals surface area contributed by atoms with Crippen LogP contribution in [-0.2, 0) is 4.74 Å². The Bertz CT molecular complexity index is 408. The highest BCUT2D eigenvalue weighted by Crippen LogP contribution is 2.38. The summed E-state index contributed by atoms with van der Waals surface area (Å²) >= 11 is 0. The lowest BCUT2D eigenvalue weighted by Crippen LogP contribution is -2.39. The molecule has 0 spiro atoms. The molecule has 0 bridgehead atoms. The number of methoxy groups -OCH3 is 1. The van der Waals surface area contributed by atoms with Crippen molar-refractivity contribution >= 4 is 0 Å². The van der Waals surface area contributed by atoms with Gasteiger partial charge in [-0.25, -0.2) is 0 Å². The standard InChI is InChI=1S/C14H21NO3/c1-4-15(10(2)8-17-3)13-9-18-14-7-11(16)5-6-12(13)14/h5-7,10,13,16H,4,8-9H2,1-3H3. The van der Waals surface area contributed by atoms with E-state index in [4.69, 9.17) is 9.47 Å². The molecule has 1 aliphatic rings. The van der Waals surface area contributed by atoms with Crippen molar-refractivity contribution < 1.29 is 14.6 Å². The predicted octanol–water partition coefficient (Wildman–Crippen LogP) is 2.18. The maximum atomic E-state index is 9.46. The molecule has 100 valence electrons. The van der Waals surface area contributed by atoms with Gasteiger partial charge in [-0.3, -0.25) is 4.90 Å². The van der Waals surface area contributed by atoms with E-state index < -0.39 is 0 Å². The maximum absolute atomic E-state index is 9.46. The Hall–Kier alpha value is -1.26. The molecule has 1 aromatic carbocycles. The Labute approximate surface area is 108 Å². The van der Waals surface area contributed by atoms with Crippen LogP contribution < -0.4 is 4.74 Å². The van der Waals surface area contributed by atoms with Crippen LogP contribution in [-0.4, -0.2) is 42.9 Å². The average Bonchev–Trinajstić information content (AvgIpc) is 2.73. The summed E-state index contributed by atoms with van der Waals surface area (Å²) < 4.78 is 10.9. The summed E-state index contributed by atoms with van der Waals surface area (Å²) in [5, 5.41) is 9.46. The van der Waals surface area contributed by atoms with Gasteiger partial charge in [-0.1, -0.05) is 6.92 Å².